The predicted molar refractivity (Wildman–Crippen MR) is 172 cm³/mol. The molecule has 8 heteroatoms. The van der Waals surface area contributed by atoms with E-state index in [9.17, 15) is 14.1 Å². The lowest BCUT2D eigenvalue weighted by molar-refractivity contribution is 0.0178. The second-order valence-corrected chi connectivity index (χ2v) is 15.1. The van der Waals surface area contributed by atoms with Crippen molar-refractivity contribution in [1.82, 2.24) is 4.72 Å². The zero-order valence-electron chi connectivity index (χ0n) is 24.7. The number of benzene rings is 2. The van der Waals surface area contributed by atoms with Gasteiger partial charge < -0.3 is 14.7 Å². The number of allylic oxidation sites excluding steroid dienone is 1. The maximum atomic E-state index is 13.3. The van der Waals surface area contributed by atoms with Crippen molar-refractivity contribution in [3.63, 3.8) is 0 Å². The Balaban J connectivity index is 1.48. The highest BCUT2D eigenvalue weighted by Gasteiger charge is 2.44. The first-order valence-corrected chi connectivity index (χ1v) is 16.5. The molecule has 0 saturated heterocycles. The van der Waals surface area contributed by atoms with Crippen molar-refractivity contribution in [2.45, 2.75) is 75.1 Å². The number of ether oxygens (including phenoxy) is 1. The van der Waals surface area contributed by atoms with Crippen LogP contribution in [-0.4, -0.2) is 45.8 Å². The Hall–Kier alpha value is -2.61. The van der Waals surface area contributed by atoms with E-state index in [1.165, 1.54) is 11.1 Å². The minimum Gasteiger partial charge on any atom is -0.490 e. The Morgan fingerprint density at radius 2 is 2.07 bits per heavy atom. The van der Waals surface area contributed by atoms with Crippen molar-refractivity contribution < 1.29 is 18.8 Å². The van der Waals surface area contributed by atoms with Crippen molar-refractivity contribution in [3.05, 3.63) is 83.4 Å². The molecule has 1 amide bonds. The fraction of sp³-hybridized carbons (Fsp3) is 0.500. The summed E-state index contributed by atoms with van der Waals surface area (Å²) >= 11 is 6.40. The number of aliphatic hydroxyl groups excluding tert-OH is 1. The Kier molecular flexibility index (Phi) is 9.22. The number of aryl methyl sites for hydroxylation is 1. The molecular formula is C34H43ClN2O4S. The minimum absolute atomic E-state index is 0.213. The molecule has 2 aromatic rings. The van der Waals surface area contributed by atoms with Gasteiger partial charge in [-0.15, -0.1) is 13.2 Å². The number of carbonyl (C=O) groups is 1. The van der Waals surface area contributed by atoms with Crippen LogP contribution < -0.4 is 14.4 Å². The van der Waals surface area contributed by atoms with Gasteiger partial charge >= 0.3 is 0 Å². The fourth-order valence-electron chi connectivity index (χ4n) is 6.92. The molecule has 0 aromatic heterocycles. The number of fused-ring (bicyclic) bond motifs is 3. The molecule has 1 heterocycles. The maximum Gasteiger partial charge on any atom is 0.263 e. The SMILES string of the molecule is C=CCC(O)C1CCC1CN1CC2(CCCc3cc(Cl)ccc32)COc2ccc(C(=O)NS(=O)C(C)(C)CC=C)cc21. The third-order valence-corrected chi connectivity index (χ3v) is 11.2. The Morgan fingerprint density at radius 3 is 2.79 bits per heavy atom. The molecule has 1 fully saturated rings. The maximum absolute atomic E-state index is 13.3. The molecule has 6 nitrogen and oxygen atoms in total. The van der Waals surface area contributed by atoms with Gasteiger partial charge in [0.1, 0.15) is 16.7 Å². The van der Waals surface area contributed by atoms with Crippen molar-refractivity contribution in [3.8, 4) is 5.75 Å². The van der Waals surface area contributed by atoms with E-state index < -0.39 is 21.8 Å². The lowest BCUT2D eigenvalue weighted by atomic mass is 9.68. The van der Waals surface area contributed by atoms with Gasteiger partial charge in [0.2, 0.25) is 0 Å². The van der Waals surface area contributed by atoms with Gasteiger partial charge in [-0.3, -0.25) is 9.52 Å². The minimum atomic E-state index is -1.59. The summed E-state index contributed by atoms with van der Waals surface area (Å²) in [4.78, 5) is 15.7. The molecule has 3 aliphatic rings. The highest BCUT2D eigenvalue weighted by molar-refractivity contribution is 7.85. The first-order chi connectivity index (χ1) is 20.1. The highest BCUT2D eigenvalue weighted by Crippen LogP contribution is 2.46. The van der Waals surface area contributed by atoms with Gasteiger partial charge in [0.25, 0.3) is 5.91 Å². The molecule has 2 aromatic carbocycles. The van der Waals surface area contributed by atoms with E-state index in [1.54, 1.807) is 18.2 Å². The van der Waals surface area contributed by atoms with Gasteiger partial charge in [-0.1, -0.05) is 29.8 Å². The molecule has 42 heavy (non-hydrogen) atoms. The third kappa shape index (κ3) is 6.20. The first kappa shape index (κ1) is 30.8. The van der Waals surface area contributed by atoms with Gasteiger partial charge in [-0.2, -0.15) is 0 Å². The number of aliphatic hydroxyl groups is 1. The van der Waals surface area contributed by atoms with Crippen LogP contribution in [0.4, 0.5) is 5.69 Å². The molecule has 2 aliphatic carbocycles. The number of halogens is 1. The molecule has 1 aliphatic heterocycles. The first-order valence-electron chi connectivity index (χ1n) is 15.0. The van der Waals surface area contributed by atoms with Crippen molar-refractivity contribution in [2.24, 2.45) is 11.8 Å². The van der Waals surface area contributed by atoms with Crippen LogP contribution in [0.1, 0.15) is 73.9 Å². The Morgan fingerprint density at radius 1 is 1.26 bits per heavy atom. The summed E-state index contributed by atoms with van der Waals surface area (Å²) in [6.45, 7) is 13.3. The zero-order chi connectivity index (χ0) is 30.1. The summed E-state index contributed by atoms with van der Waals surface area (Å²) in [7, 11) is -1.59. The van der Waals surface area contributed by atoms with Crippen molar-refractivity contribution in [2.75, 3.05) is 24.6 Å². The second-order valence-electron chi connectivity index (χ2n) is 12.8. The molecule has 0 bridgehead atoms. The normalized spacial score (nSPS) is 24.7. The third-order valence-electron chi connectivity index (χ3n) is 9.46. The van der Waals surface area contributed by atoms with Gasteiger partial charge in [0, 0.05) is 29.1 Å². The van der Waals surface area contributed by atoms with Gasteiger partial charge in [0.15, 0.2) is 0 Å². The van der Waals surface area contributed by atoms with E-state index in [0.29, 0.717) is 30.9 Å². The van der Waals surface area contributed by atoms with Crippen molar-refractivity contribution >= 4 is 34.2 Å². The summed E-state index contributed by atoms with van der Waals surface area (Å²) < 4.78 is 21.6. The number of carbonyl (C=O) groups excluding carboxylic acids is 1. The fourth-order valence-corrected chi connectivity index (χ4v) is 7.94. The van der Waals surface area contributed by atoms with E-state index >= 15 is 0 Å². The molecule has 0 radical (unpaired) electrons. The van der Waals surface area contributed by atoms with Gasteiger partial charge in [-0.25, -0.2) is 4.21 Å². The van der Waals surface area contributed by atoms with Crippen LogP contribution in [0, 0.1) is 11.8 Å². The summed E-state index contributed by atoms with van der Waals surface area (Å²) in [5.41, 5.74) is 3.63. The zero-order valence-corrected chi connectivity index (χ0v) is 26.3. The van der Waals surface area contributed by atoms with E-state index in [4.69, 9.17) is 16.3 Å². The van der Waals surface area contributed by atoms with Gasteiger partial charge in [0.05, 0.1) is 23.1 Å². The van der Waals surface area contributed by atoms with Crippen LogP contribution in [-0.2, 0) is 22.8 Å². The molecule has 1 spiro atoms. The lowest BCUT2D eigenvalue weighted by Crippen LogP contribution is -2.49. The molecule has 1 saturated carbocycles. The quantitative estimate of drug-likeness (QED) is 0.299. The number of hydrogen-bond acceptors (Lipinski definition) is 5. The molecule has 2 N–H and O–H groups in total. The van der Waals surface area contributed by atoms with Crippen LogP contribution in [0.25, 0.3) is 0 Å². The standard InChI is InChI=1S/C34H43ClN2O4S/c1-5-8-30(38)27-13-10-25(27)20-37-21-34(17-7-9-23-18-26(35)12-14-28(23)34)22-41-31-15-11-24(19-29(31)37)32(39)36-42(40)33(3,4)16-6-2/h5-6,11-12,14-15,18-19,25,27,30,38H,1-2,7-10,13,16-17,20-22H2,3-4H3,(H,36,39). The molecule has 226 valence electrons. The summed E-state index contributed by atoms with van der Waals surface area (Å²) in [6, 6.07) is 11.7. The van der Waals surface area contributed by atoms with E-state index in [1.807, 2.05) is 32.0 Å². The van der Waals surface area contributed by atoms with Crippen LogP contribution in [0.5, 0.6) is 5.75 Å². The number of amides is 1. The number of nitrogens with one attached hydrogen (secondary N) is 1. The topological polar surface area (TPSA) is 78.9 Å². The number of rotatable bonds is 10. The van der Waals surface area contributed by atoms with Crippen LogP contribution in [0.3, 0.4) is 0 Å². The second kappa shape index (κ2) is 12.6. The van der Waals surface area contributed by atoms with Crippen LogP contribution >= 0.6 is 11.6 Å². The predicted octanol–water partition coefficient (Wildman–Crippen LogP) is 6.52. The van der Waals surface area contributed by atoms with E-state index in [2.05, 4.69) is 34.9 Å². The largest absolute Gasteiger partial charge is 0.490 e. The summed E-state index contributed by atoms with van der Waals surface area (Å²) in [5, 5.41) is 11.6. The van der Waals surface area contributed by atoms with Crippen LogP contribution in [0.2, 0.25) is 5.02 Å². The molecule has 5 unspecified atom stereocenters. The summed E-state index contributed by atoms with van der Waals surface area (Å²) in [5.74, 6) is 0.888. The smallest absolute Gasteiger partial charge is 0.263 e. The molecule has 5 rings (SSSR count). The van der Waals surface area contributed by atoms with Crippen LogP contribution in [0.15, 0.2) is 61.7 Å². The Bertz CT molecular complexity index is 1380. The number of nitrogens with zero attached hydrogens (tertiary/aromatic N) is 1. The summed E-state index contributed by atoms with van der Waals surface area (Å²) in [6.07, 6.45) is 9.28. The van der Waals surface area contributed by atoms with Crippen molar-refractivity contribution in [1.29, 1.82) is 0 Å². The Labute approximate surface area is 257 Å². The van der Waals surface area contributed by atoms with E-state index in [-0.39, 0.29) is 17.2 Å². The average molecular weight is 611 g/mol. The molecule has 5 atom stereocenters. The monoisotopic (exact) mass is 610 g/mol. The lowest BCUT2D eigenvalue weighted by Gasteiger charge is -2.45. The highest BCUT2D eigenvalue weighted by atomic mass is 35.5. The van der Waals surface area contributed by atoms with E-state index in [0.717, 1.165) is 61.7 Å². The number of anilines is 1. The molecular weight excluding hydrogens is 568 g/mol. The average Bonchev–Trinajstić information content (AvgIpc) is 3.08. The number of hydrogen-bond donors (Lipinski definition) is 2. The van der Waals surface area contributed by atoms with Gasteiger partial charge in [-0.05, 0) is 112 Å².